The second-order valence-electron chi connectivity index (χ2n) is 3.88. The summed E-state index contributed by atoms with van der Waals surface area (Å²) in [5.41, 5.74) is 6.06. The summed E-state index contributed by atoms with van der Waals surface area (Å²) < 4.78 is 0. The van der Waals surface area contributed by atoms with Gasteiger partial charge in [0.2, 0.25) is 0 Å². The lowest BCUT2D eigenvalue weighted by Gasteiger charge is -2.17. The maximum absolute atomic E-state index is 6.06. The molecule has 0 bridgehead atoms. The molecule has 0 aliphatic rings. The van der Waals surface area contributed by atoms with E-state index in [9.17, 15) is 0 Å². The summed E-state index contributed by atoms with van der Waals surface area (Å²) >= 11 is 3.41. The molecule has 0 spiro atoms. The molecule has 2 heterocycles. The van der Waals surface area contributed by atoms with Crippen molar-refractivity contribution in [2.45, 2.75) is 30.3 Å². The molecule has 0 aliphatic heterocycles. The van der Waals surface area contributed by atoms with E-state index in [-0.39, 0.29) is 11.3 Å². The number of nitrogens with zero attached hydrogens (tertiary/aromatic N) is 2. The van der Waals surface area contributed by atoms with Crippen LogP contribution in [0.2, 0.25) is 0 Å². The Hall–Kier alpha value is -0.910. The van der Waals surface area contributed by atoms with Crippen LogP contribution in [-0.4, -0.2) is 16.0 Å². The van der Waals surface area contributed by atoms with Crippen LogP contribution in [0.1, 0.15) is 21.9 Å². The normalized spacial score (nSPS) is 14.5. The maximum atomic E-state index is 6.06. The minimum Gasteiger partial charge on any atom is -0.327 e. The molecule has 0 fully saturated rings. The summed E-state index contributed by atoms with van der Waals surface area (Å²) in [6.07, 6.45) is 3.51. The third kappa shape index (κ3) is 3.28. The average molecular weight is 265 g/mol. The van der Waals surface area contributed by atoms with Gasteiger partial charge in [-0.3, -0.25) is 0 Å². The highest BCUT2D eigenvalue weighted by molar-refractivity contribution is 7.99. The molecular weight excluding hydrogens is 250 g/mol. The van der Waals surface area contributed by atoms with E-state index >= 15 is 0 Å². The molecule has 2 atom stereocenters. The third-order valence-electron chi connectivity index (χ3n) is 2.29. The van der Waals surface area contributed by atoms with Gasteiger partial charge in [0, 0.05) is 28.2 Å². The number of thioether (sulfide) groups is 1. The van der Waals surface area contributed by atoms with Crippen molar-refractivity contribution < 1.29 is 0 Å². The number of hydrogen-bond acceptors (Lipinski definition) is 5. The number of aryl methyl sites for hydroxylation is 1. The van der Waals surface area contributed by atoms with Gasteiger partial charge in [-0.1, -0.05) is 11.8 Å². The lowest BCUT2D eigenvalue weighted by molar-refractivity contribution is 0.726. The predicted octanol–water partition coefficient (Wildman–Crippen LogP) is 3.03. The van der Waals surface area contributed by atoms with E-state index in [1.807, 2.05) is 13.0 Å². The van der Waals surface area contributed by atoms with Crippen molar-refractivity contribution in [3.8, 4) is 0 Å². The van der Waals surface area contributed by atoms with Gasteiger partial charge in [-0.2, -0.15) is 0 Å². The van der Waals surface area contributed by atoms with E-state index in [1.54, 1.807) is 35.5 Å². The van der Waals surface area contributed by atoms with Gasteiger partial charge in [0.05, 0.1) is 5.25 Å². The van der Waals surface area contributed by atoms with E-state index in [2.05, 4.69) is 29.0 Å². The Balaban J connectivity index is 2.19. The van der Waals surface area contributed by atoms with Gasteiger partial charge in [-0.05, 0) is 32.0 Å². The Morgan fingerprint density at radius 2 is 2.00 bits per heavy atom. The molecule has 17 heavy (non-hydrogen) atoms. The highest BCUT2D eigenvalue weighted by Gasteiger charge is 2.20. The van der Waals surface area contributed by atoms with Gasteiger partial charge in [0.25, 0.3) is 0 Å². The minimum absolute atomic E-state index is 0.0712. The van der Waals surface area contributed by atoms with E-state index < -0.39 is 0 Å². The maximum Gasteiger partial charge on any atom is 0.188 e. The zero-order valence-corrected chi connectivity index (χ0v) is 11.5. The van der Waals surface area contributed by atoms with E-state index in [0.717, 1.165) is 5.16 Å². The molecule has 0 aromatic carbocycles. The molecule has 2 aromatic heterocycles. The van der Waals surface area contributed by atoms with Crippen molar-refractivity contribution in [3.05, 3.63) is 40.3 Å². The van der Waals surface area contributed by atoms with Crippen LogP contribution >= 0.6 is 23.1 Å². The summed E-state index contributed by atoms with van der Waals surface area (Å²) in [5, 5.41) is 0.997. The Morgan fingerprint density at radius 1 is 1.29 bits per heavy atom. The Morgan fingerprint density at radius 3 is 2.53 bits per heavy atom. The van der Waals surface area contributed by atoms with Crippen LogP contribution < -0.4 is 5.73 Å². The molecule has 0 aliphatic carbocycles. The lowest BCUT2D eigenvalue weighted by atomic mass is 10.2. The Bertz CT molecular complexity index is 468. The second-order valence-corrected chi connectivity index (χ2v) is 6.31. The zero-order valence-electron chi connectivity index (χ0n) is 9.83. The third-order valence-corrected chi connectivity index (χ3v) is 4.89. The molecule has 0 amide bonds. The smallest absolute Gasteiger partial charge is 0.188 e. The monoisotopic (exact) mass is 265 g/mol. The second kappa shape index (κ2) is 5.62. The first kappa shape index (κ1) is 12.5. The summed E-state index contributed by atoms with van der Waals surface area (Å²) in [4.78, 5) is 11.1. The minimum atomic E-state index is 0.0712. The fourth-order valence-corrected chi connectivity index (χ4v) is 3.63. The van der Waals surface area contributed by atoms with Crippen LogP contribution in [0.3, 0.4) is 0 Å². The fraction of sp³-hybridized carbons (Fsp3) is 0.333. The standard InChI is InChI=1S/C12H15N3S2/c1-8-4-5-10(16-8)11(9(2)13)17-12-14-6-3-7-15-12/h3-7,9,11H,13H2,1-2H3. The fourth-order valence-electron chi connectivity index (χ4n) is 1.49. The number of thiophene rings is 1. The first-order valence-electron chi connectivity index (χ1n) is 5.42. The quantitative estimate of drug-likeness (QED) is 0.682. The lowest BCUT2D eigenvalue weighted by Crippen LogP contribution is -2.22. The summed E-state index contributed by atoms with van der Waals surface area (Å²) in [7, 11) is 0. The van der Waals surface area contributed by atoms with Crippen LogP contribution in [0.5, 0.6) is 0 Å². The molecule has 2 aromatic rings. The van der Waals surface area contributed by atoms with Gasteiger partial charge in [-0.25, -0.2) is 9.97 Å². The van der Waals surface area contributed by atoms with Crippen LogP contribution in [0, 0.1) is 6.92 Å². The number of nitrogens with two attached hydrogens (primary N) is 1. The largest absolute Gasteiger partial charge is 0.327 e. The highest BCUT2D eigenvalue weighted by Crippen LogP contribution is 2.38. The average Bonchev–Trinajstić information content (AvgIpc) is 2.73. The van der Waals surface area contributed by atoms with E-state index in [4.69, 9.17) is 5.73 Å². The first-order valence-corrected chi connectivity index (χ1v) is 7.12. The van der Waals surface area contributed by atoms with E-state index in [1.165, 1.54) is 9.75 Å². The molecule has 90 valence electrons. The zero-order chi connectivity index (χ0) is 12.3. The first-order chi connectivity index (χ1) is 8.16. The van der Waals surface area contributed by atoms with Crippen molar-refractivity contribution in [2.75, 3.05) is 0 Å². The van der Waals surface area contributed by atoms with Gasteiger partial charge in [0.15, 0.2) is 5.16 Å². The van der Waals surface area contributed by atoms with Crippen LogP contribution in [0.4, 0.5) is 0 Å². The predicted molar refractivity (Wildman–Crippen MR) is 73.3 cm³/mol. The van der Waals surface area contributed by atoms with Crippen molar-refractivity contribution >= 4 is 23.1 Å². The Kier molecular flexibility index (Phi) is 4.15. The molecule has 0 saturated carbocycles. The summed E-state index contributed by atoms with van der Waals surface area (Å²) in [6.45, 7) is 4.13. The molecule has 3 nitrogen and oxygen atoms in total. The van der Waals surface area contributed by atoms with Gasteiger partial charge < -0.3 is 5.73 Å². The molecule has 2 unspecified atom stereocenters. The molecule has 0 radical (unpaired) electrons. The number of hydrogen-bond donors (Lipinski definition) is 1. The van der Waals surface area contributed by atoms with E-state index in [0.29, 0.717) is 0 Å². The van der Waals surface area contributed by atoms with Gasteiger partial charge >= 0.3 is 0 Å². The van der Waals surface area contributed by atoms with Crippen LogP contribution in [0.15, 0.2) is 35.7 Å². The summed E-state index contributed by atoms with van der Waals surface area (Å²) in [6, 6.07) is 6.16. The van der Waals surface area contributed by atoms with Crippen LogP contribution in [0.25, 0.3) is 0 Å². The highest BCUT2D eigenvalue weighted by atomic mass is 32.2. The van der Waals surface area contributed by atoms with Gasteiger partial charge in [0.1, 0.15) is 0 Å². The molecule has 0 saturated heterocycles. The topological polar surface area (TPSA) is 51.8 Å². The number of rotatable bonds is 4. The molecule has 5 heteroatoms. The Labute approximate surface area is 109 Å². The van der Waals surface area contributed by atoms with Crippen LogP contribution in [-0.2, 0) is 0 Å². The van der Waals surface area contributed by atoms with Gasteiger partial charge in [-0.15, -0.1) is 11.3 Å². The number of aromatic nitrogens is 2. The van der Waals surface area contributed by atoms with Crippen molar-refractivity contribution in [2.24, 2.45) is 5.73 Å². The van der Waals surface area contributed by atoms with Crippen molar-refractivity contribution in [1.29, 1.82) is 0 Å². The molecule has 2 rings (SSSR count). The van der Waals surface area contributed by atoms with Crippen molar-refractivity contribution in [3.63, 3.8) is 0 Å². The molecular formula is C12H15N3S2. The SMILES string of the molecule is Cc1ccc(C(Sc2ncccn2)C(C)N)s1. The van der Waals surface area contributed by atoms with Crippen molar-refractivity contribution in [1.82, 2.24) is 9.97 Å². The summed E-state index contributed by atoms with van der Waals surface area (Å²) in [5.74, 6) is 0. The molecule has 2 N–H and O–H groups in total.